The van der Waals surface area contributed by atoms with E-state index in [4.69, 9.17) is 0 Å². The van der Waals surface area contributed by atoms with E-state index < -0.39 is 0 Å². The van der Waals surface area contributed by atoms with E-state index in [1.165, 1.54) is 17.5 Å². The van der Waals surface area contributed by atoms with E-state index in [1.54, 1.807) is 4.80 Å². The first-order valence-electron chi connectivity index (χ1n) is 7.94. The third-order valence-corrected chi connectivity index (χ3v) is 4.64. The number of hydrogen-bond donors (Lipinski definition) is 0. The van der Waals surface area contributed by atoms with Crippen LogP contribution in [0.15, 0.2) is 89.7 Å². The van der Waals surface area contributed by atoms with Crippen molar-refractivity contribution in [3.63, 3.8) is 0 Å². The quantitative estimate of drug-likeness (QED) is 0.505. The first kappa shape index (κ1) is 15.7. The van der Waals surface area contributed by atoms with Crippen molar-refractivity contribution < 1.29 is 0 Å². The van der Waals surface area contributed by atoms with E-state index in [0.29, 0.717) is 0 Å². The van der Waals surface area contributed by atoms with Crippen molar-refractivity contribution in [2.45, 2.75) is 6.04 Å². The monoisotopic (exact) mass is 390 g/mol. The molecule has 122 valence electrons. The molecule has 0 aliphatic rings. The summed E-state index contributed by atoms with van der Waals surface area (Å²) >= 11 is 3.48. The number of hydrogen-bond acceptors (Lipinski definition) is 3. The van der Waals surface area contributed by atoms with E-state index in [1.807, 2.05) is 30.3 Å². The normalized spacial score (nSPS) is 12.0. The van der Waals surface area contributed by atoms with Crippen LogP contribution in [0.25, 0.3) is 11.1 Å². The predicted molar refractivity (Wildman–Crippen MR) is 101 cm³/mol. The Morgan fingerprint density at radius 1 is 0.720 bits per heavy atom. The summed E-state index contributed by atoms with van der Waals surface area (Å²) in [6, 6.07) is 26.9. The van der Waals surface area contributed by atoms with E-state index >= 15 is 0 Å². The van der Waals surface area contributed by atoms with E-state index in [-0.39, 0.29) is 6.04 Å². The van der Waals surface area contributed by atoms with Gasteiger partial charge in [-0.3, -0.25) is 0 Å². The van der Waals surface area contributed by atoms with Gasteiger partial charge in [0.25, 0.3) is 0 Å². The molecule has 0 bridgehead atoms. The Morgan fingerprint density at radius 3 is 1.92 bits per heavy atom. The maximum atomic E-state index is 4.26. The van der Waals surface area contributed by atoms with Crippen LogP contribution in [0.4, 0.5) is 0 Å². The molecule has 0 aliphatic heterocycles. The molecule has 3 aromatic carbocycles. The van der Waals surface area contributed by atoms with Gasteiger partial charge in [0.05, 0.1) is 0 Å². The number of aromatic nitrogens is 4. The van der Waals surface area contributed by atoms with Gasteiger partial charge in [-0.1, -0.05) is 82.7 Å². The number of benzene rings is 3. The SMILES string of the molecule is Brc1ccc(C(c2ccc(-c3ccccc3)cc2)n2ncnn2)cc1. The summed E-state index contributed by atoms with van der Waals surface area (Å²) in [4.78, 5) is 1.64. The summed E-state index contributed by atoms with van der Waals surface area (Å²) in [6.45, 7) is 0. The topological polar surface area (TPSA) is 43.6 Å². The third kappa shape index (κ3) is 3.37. The van der Waals surface area contributed by atoms with E-state index in [2.05, 4.69) is 79.9 Å². The molecule has 4 rings (SSSR count). The average molecular weight is 391 g/mol. The molecule has 4 nitrogen and oxygen atoms in total. The summed E-state index contributed by atoms with van der Waals surface area (Å²) in [5.74, 6) is 0. The van der Waals surface area contributed by atoms with Crippen LogP contribution in [0.2, 0.25) is 0 Å². The summed E-state index contributed by atoms with van der Waals surface area (Å²) in [7, 11) is 0. The largest absolute Gasteiger partial charge is 0.162 e. The smallest absolute Gasteiger partial charge is 0.152 e. The second kappa shape index (κ2) is 6.99. The molecule has 4 aromatic rings. The fourth-order valence-corrected chi connectivity index (χ4v) is 3.15. The van der Waals surface area contributed by atoms with Crippen LogP contribution in [-0.2, 0) is 0 Å². The lowest BCUT2D eigenvalue weighted by Crippen LogP contribution is -2.15. The predicted octanol–water partition coefficient (Wildman–Crippen LogP) is 4.74. The number of nitrogens with zero attached hydrogens (tertiary/aromatic N) is 4. The molecule has 1 atom stereocenters. The Kier molecular flexibility index (Phi) is 4.39. The second-order valence-electron chi connectivity index (χ2n) is 5.70. The van der Waals surface area contributed by atoms with Gasteiger partial charge >= 0.3 is 0 Å². The first-order valence-corrected chi connectivity index (χ1v) is 8.74. The van der Waals surface area contributed by atoms with Gasteiger partial charge in [-0.15, -0.1) is 10.2 Å². The van der Waals surface area contributed by atoms with Crippen LogP contribution in [0.1, 0.15) is 17.2 Å². The van der Waals surface area contributed by atoms with Gasteiger partial charge in [-0.2, -0.15) is 4.80 Å². The summed E-state index contributed by atoms with van der Waals surface area (Å²) in [6.07, 6.45) is 1.46. The highest BCUT2D eigenvalue weighted by Gasteiger charge is 2.18. The minimum Gasteiger partial charge on any atom is -0.152 e. The van der Waals surface area contributed by atoms with Crippen LogP contribution in [0, 0.1) is 0 Å². The molecule has 0 N–H and O–H groups in total. The fraction of sp³-hybridized carbons (Fsp3) is 0.0500. The Morgan fingerprint density at radius 2 is 1.32 bits per heavy atom. The van der Waals surface area contributed by atoms with Crippen LogP contribution >= 0.6 is 15.9 Å². The minimum atomic E-state index is -0.111. The second-order valence-corrected chi connectivity index (χ2v) is 6.61. The lowest BCUT2D eigenvalue weighted by Gasteiger charge is -2.17. The zero-order chi connectivity index (χ0) is 17.1. The molecule has 0 fully saturated rings. The Balaban J connectivity index is 1.74. The van der Waals surface area contributed by atoms with Crippen molar-refractivity contribution in [1.82, 2.24) is 20.2 Å². The lowest BCUT2D eigenvalue weighted by molar-refractivity contribution is 0.504. The standard InChI is InChI=1S/C20H15BrN4/c21-19-12-10-18(11-13-19)20(25-23-14-22-24-25)17-8-6-16(7-9-17)15-4-2-1-3-5-15/h1-14,20H. The van der Waals surface area contributed by atoms with Crippen molar-refractivity contribution in [3.05, 3.63) is 101 Å². The van der Waals surface area contributed by atoms with Crippen LogP contribution in [-0.4, -0.2) is 20.2 Å². The highest BCUT2D eigenvalue weighted by Crippen LogP contribution is 2.28. The van der Waals surface area contributed by atoms with Crippen molar-refractivity contribution in [3.8, 4) is 11.1 Å². The zero-order valence-corrected chi connectivity index (χ0v) is 14.9. The van der Waals surface area contributed by atoms with Crippen LogP contribution < -0.4 is 0 Å². The maximum absolute atomic E-state index is 4.26. The third-order valence-electron chi connectivity index (χ3n) is 4.12. The maximum Gasteiger partial charge on any atom is 0.162 e. The van der Waals surface area contributed by atoms with Crippen molar-refractivity contribution >= 4 is 15.9 Å². The van der Waals surface area contributed by atoms with Gasteiger partial charge in [0.2, 0.25) is 0 Å². The molecular weight excluding hydrogens is 376 g/mol. The zero-order valence-electron chi connectivity index (χ0n) is 13.3. The summed E-state index contributed by atoms with van der Waals surface area (Å²) in [5, 5.41) is 12.2. The fourth-order valence-electron chi connectivity index (χ4n) is 2.89. The van der Waals surface area contributed by atoms with Gasteiger partial charge in [0.1, 0.15) is 6.04 Å². The Hall–Kier alpha value is -2.79. The number of tetrazole rings is 1. The molecule has 0 saturated heterocycles. The summed E-state index contributed by atoms with van der Waals surface area (Å²) < 4.78 is 1.04. The van der Waals surface area contributed by atoms with E-state index in [9.17, 15) is 0 Å². The average Bonchev–Trinajstić information content (AvgIpc) is 3.19. The van der Waals surface area contributed by atoms with Gasteiger partial charge in [-0.05, 0) is 39.6 Å². The Labute approximate surface area is 154 Å². The molecule has 0 amide bonds. The highest BCUT2D eigenvalue weighted by molar-refractivity contribution is 9.10. The molecule has 0 aliphatic carbocycles. The van der Waals surface area contributed by atoms with E-state index in [0.717, 1.165) is 15.6 Å². The van der Waals surface area contributed by atoms with Gasteiger partial charge in [-0.25, -0.2) is 0 Å². The van der Waals surface area contributed by atoms with Crippen LogP contribution in [0.5, 0.6) is 0 Å². The molecule has 0 radical (unpaired) electrons. The Bertz CT molecular complexity index is 933. The molecule has 5 heteroatoms. The molecule has 25 heavy (non-hydrogen) atoms. The number of rotatable bonds is 4. The molecular formula is C20H15BrN4. The molecule has 1 unspecified atom stereocenters. The molecule has 0 saturated carbocycles. The molecule has 1 aromatic heterocycles. The van der Waals surface area contributed by atoms with Crippen LogP contribution in [0.3, 0.4) is 0 Å². The lowest BCUT2D eigenvalue weighted by atomic mass is 9.96. The molecule has 0 spiro atoms. The van der Waals surface area contributed by atoms with Crippen molar-refractivity contribution in [1.29, 1.82) is 0 Å². The highest BCUT2D eigenvalue weighted by atomic mass is 79.9. The summed E-state index contributed by atoms with van der Waals surface area (Å²) in [5.41, 5.74) is 4.60. The number of halogens is 1. The van der Waals surface area contributed by atoms with Gasteiger partial charge in [0, 0.05) is 4.47 Å². The first-order chi connectivity index (χ1) is 12.3. The van der Waals surface area contributed by atoms with Crippen molar-refractivity contribution in [2.24, 2.45) is 0 Å². The van der Waals surface area contributed by atoms with Crippen molar-refractivity contribution in [2.75, 3.05) is 0 Å². The van der Waals surface area contributed by atoms with Gasteiger partial charge in [0.15, 0.2) is 6.33 Å². The van der Waals surface area contributed by atoms with Gasteiger partial charge < -0.3 is 0 Å². The minimum absolute atomic E-state index is 0.111. The molecule has 1 heterocycles.